The lowest BCUT2D eigenvalue weighted by Crippen LogP contribution is -2.24. The van der Waals surface area contributed by atoms with Crippen LogP contribution >= 0.6 is 0 Å². The van der Waals surface area contributed by atoms with E-state index in [1.54, 1.807) is 0 Å². The molecule has 0 unspecified atom stereocenters. The minimum absolute atomic E-state index is 0.164. The molecule has 86 valence electrons. The van der Waals surface area contributed by atoms with Crippen molar-refractivity contribution in [2.24, 2.45) is 16.5 Å². The zero-order valence-corrected chi connectivity index (χ0v) is 8.11. The predicted octanol–water partition coefficient (Wildman–Crippen LogP) is 0.875. The van der Waals surface area contributed by atoms with Crippen LogP contribution in [0.2, 0.25) is 0 Å². The van der Waals surface area contributed by atoms with Crippen LogP contribution in [0.25, 0.3) is 0 Å². The van der Waals surface area contributed by atoms with Gasteiger partial charge in [0.1, 0.15) is 18.2 Å². The molecule has 0 aromatic heterocycles. The average molecular weight is 229 g/mol. The van der Waals surface area contributed by atoms with Crippen molar-refractivity contribution >= 4 is 12.1 Å². The number of nitrogens with two attached hydrogens (primary N) is 2. The number of nitrogens with zero attached hydrogens (tertiary/aromatic N) is 1. The lowest BCUT2D eigenvalue weighted by molar-refractivity contribution is 0.150. The molecule has 1 aromatic rings. The Hall–Kier alpha value is -2.18. The fourth-order valence-electron chi connectivity index (χ4n) is 0.977. The van der Waals surface area contributed by atoms with Crippen LogP contribution in [0.1, 0.15) is 5.56 Å². The van der Waals surface area contributed by atoms with Crippen LogP contribution < -0.4 is 11.5 Å². The Balaban J connectivity index is 2.61. The number of hydrogen-bond acceptors (Lipinski definition) is 2. The maximum Gasteiger partial charge on any atom is 0.437 e. The Morgan fingerprint density at radius 3 is 2.31 bits per heavy atom. The Kier molecular flexibility index (Phi) is 3.76. The number of carbonyl (C=O) groups excluding carboxylic acids is 1. The van der Waals surface area contributed by atoms with Gasteiger partial charge < -0.3 is 16.2 Å². The second kappa shape index (κ2) is 5.06. The van der Waals surface area contributed by atoms with E-state index in [-0.39, 0.29) is 12.2 Å². The molecule has 5 nitrogen and oxygen atoms in total. The van der Waals surface area contributed by atoms with Crippen molar-refractivity contribution in [2.75, 3.05) is 0 Å². The molecular formula is C9H9F2N3O2. The number of benzene rings is 1. The van der Waals surface area contributed by atoms with Crippen LogP contribution in [-0.2, 0) is 11.3 Å². The van der Waals surface area contributed by atoms with Gasteiger partial charge in [-0.25, -0.2) is 13.6 Å². The molecule has 0 aliphatic carbocycles. The molecule has 0 heterocycles. The van der Waals surface area contributed by atoms with Crippen LogP contribution in [0.4, 0.5) is 13.6 Å². The third kappa shape index (κ3) is 3.91. The number of rotatable bonds is 2. The molecule has 1 aromatic carbocycles. The Morgan fingerprint density at radius 2 is 1.81 bits per heavy atom. The Morgan fingerprint density at radius 1 is 1.25 bits per heavy atom. The first-order chi connectivity index (χ1) is 7.47. The van der Waals surface area contributed by atoms with Crippen molar-refractivity contribution in [3.63, 3.8) is 0 Å². The number of aliphatic imine (C=N–C) groups is 1. The molecule has 0 saturated carbocycles. The van der Waals surface area contributed by atoms with Gasteiger partial charge in [0.2, 0.25) is 0 Å². The normalized spacial score (nSPS) is 9.62. The zero-order valence-electron chi connectivity index (χ0n) is 8.11. The fraction of sp³-hybridized carbons (Fsp3) is 0.111. The summed E-state index contributed by atoms with van der Waals surface area (Å²) in [4.78, 5) is 13.9. The molecule has 0 aliphatic heterocycles. The molecule has 1 rings (SSSR count). The molecule has 0 atom stereocenters. The van der Waals surface area contributed by atoms with E-state index in [2.05, 4.69) is 9.73 Å². The standard InChI is InChI=1S/C9H9F2N3O2/c10-6-1-5(2-7(11)3-6)4-16-9(15)14-8(12)13/h1-3H,4H2,(H4,12,13,14,15). The summed E-state index contributed by atoms with van der Waals surface area (Å²) in [6.45, 7) is -0.315. The summed E-state index contributed by atoms with van der Waals surface area (Å²) >= 11 is 0. The third-order valence-electron chi connectivity index (χ3n) is 1.51. The summed E-state index contributed by atoms with van der Waals surface area (Å²) in [5.41, 5.74) is 10.00. The molecule has 0 saturated heterocycles. The van der Waals surface area contributed by atoms with Gasteiger partial charge in [-0.05, 0) is 17.7 Å². The van der Waals surface area contributed by atoms with Crippen LogP contribution in [0.15, 0.2) is 23.2 Å². The monoisotopic (exact) mass is 229 g/mol. The highest BCUT2D eigenvalue weighted by Gasteiger charge is 2.04. The highest BCUT2D eigenvalue weighted by molar-refractivity contribution is 5.87. The van der Waals surface area contributed by atoms with E-state index >= 15 is 0 Å². The van der Waals surface area contributed by atoms with Gasteiger partial charge in [-0.15, -0.1) is 4.99 Å². The van der Waals surface area contributed by atoms with Gasteiger partial charge in [0.25, 0.3) is 0 Å². The van der Waals surface area contributed by atoms with Crippen molar-refractivity contribution in [3.05, 3.63) is 35.4 Å². The van der Waals surface area contributed by atoms with Gasteiger partial charge in [-0.2, -0.15) is 0 Å². The van der Waals surface area contributed by atoms with E-state index in [0.29, 0.717) is 6.07 Å². The van der Waals surface area contributed by atoms with E-state index in [9.17, 15) is 13.6 Å². The van der Waals surface area contributed by atoms with Crippen molar-refractivity contribution in [1.82, 2.24) is 0 Å². The first-order valence-corrected chi connectivity index (χ1v) is 4.19. The molecule has 0 aliphatic rings. The molecule has 1 amide bonds. The van der Waals surface area contributed by atoms with Crippen LogP contribution in [0, 0.1) is 11.6 Å². The summed E-state index contributed by atoms with van der Waals surface area (Å²) in [7, 11) is 0. The molecule has 0 radical (unpaired) electrons. The average Bonchev–Trinajstić information content (AvgIpc) is 2.12. The smallest absolute Gasteiger partial charge is 0.437 e. The summed E-state index contributed by atoms with van der Waals surface area (Å²) in [6, 6.07) is 2.78. The van der Waals surface area contributed by atoms with Gasteiger partial charge in [0, 0.05) is 6.07 Å². The van der Waals surface area contributed by atoms with E-state index < -0.39 is 23.7 Å². The maximum atomic E-state index is 12.7. The first kappa shape index (κ1) is 11.9. The Labute approximate surface area is 89.7 Å². The van der Waals surface area contributed by atoms with Gasteiger partial charge in [-0.1, -0.05) is 0 Å². The van der Waals surface area contributed by atoms with Crippen molar-refractivity contribution in [3.8, 4) is 0 Å². The highest BCUT2D eigenvalue weighted by atomic mass is 19.1. The quantitative estimate of drug-likeness (QED) is 0.581. The summed E-state index contributed by atoms with van der Waals surface area (Å²) in [6.07, 6.45) is -1.02. The lowest BCUT2D eigenvalue weighted by Gasteiger charge is -2.02. The van der Waals surface area contributed by atoms with Gasteiger partial charge in [-0.3, -0.25) is 0 Å². The predicted molar refractivity (Wildman–Crippen MR) is 52.4 cm³/mol. The number of hydrogen-bond donors (Lipinski definition) is 2. The molecule has 4 N–H and O–H groups in total. The van der Waals surface area contributed by atoms with Gasteiger partial charge in [0.15, 0.2) is 5.96 Å². The van der Waals surface area contributed by atoms with Crippen LogP contribution in [-0.4, -0.2) is 12.1 Å². The Bertz CT molecular complexity index is 411. The largest absolute Gasteiger partial charge is 0.443 e. The van der Waals surface area contributed by atoms with Crippen molar-refractivity contribution < 1.29 is 18.3 Å². The minimum Gasteiger partial charge on any atom is -0.443 e. The number of guanidine groups is 1. The minimum atomic E-state index is -1.02. The number of amides is 1. The number of halogens is 2. The SMILES string of the molecule is NC(N)=NC(=O)OCc1cc(F)cc(F)c1. The zero-order chi connectivity index (χ0) is 12.1. The van der Waals surface area contributed by atoms with E-state index in [0.717, 1.165) is 12.1 Å². The first-order valence-electron chi connectivity index (χ1n) is 4.19. The summed E-state index contributed by atoms with van der Waals surface area (Å²) < 4.78 is 30.0. The maximum absolute atomic E-state index is 12.7. The molecule has 16 heavy (non-hydrogen) atoms. The second-order valence-electron chi connectivity index (χ2n) is 2.87. The second-order valence-corrected chi connectivity index (χ2v) is 2.87. The van der Waals surface area contributed by atoms with Gasteiger partial charge >= 0.3 is 6.09 Å². The highest BCUT2D eigenvalue weighted by Crippen LogP contribution is 2.09. The van der Waals surface area contributed by atoms with Crippen LogP contribution in [0.3, 0.4) is 0 Å². The third-order valence-corrected chi connectivity index (χ3v) is 1.51. The van der Waals surface area contributed by atoms with Gasteiger partial charge in [0.05, 0.1) is 0 Å². The molecule has 7 heteroatoms. The number of ether oxygens (including phenoxy) is 1. The molecule has 0 fully saturated rings. The molecule has 0 bridgehead atoms. The van der Waals surface area contributed by atoms with Crippen molar-refractivity contribution in [2.45, 2.75) is 6.61 Å². The van der Waals surface area contributed by atoms with E-state index in [1.807, 2.05) is 0 Å². The summed E-state index contributed by atoms with van der Waals surface area (Å²) in [5, 5.41) is 0. The number of carbonyl (C=O) groups is 1. The fourth-order valence-corrected chi connectivity index (χ4v) is 0.977. The molecular weight excluding hydrogens is 220 g/mol. The molecule has 0 spiro atoms. The van der Waals surface area contributed by atoms with E-state index in [4.69, 9.17) is 11.5 Å². The lowest BCUT2D eigenvalue weighted by atomic mass is 10.2. The topological polar surface area (TPSA) is 90.7 Å². The summed E-state index contributed by atoms with van der Waals surface area (Å²) in [5.74, 6) is -1.96. The van der Waals surface area contributed by atoms with E-state index in [1.165, 1.54) is 0 Å². The van der Waals surface area contributed by atoms with Crippen molar-refractivity contribution in [1.29, 1.82) is 0 Å². The van der Waals surface area contributed by atoms with Crippen LogP contribution in [0.5, 0.6) is 0 Å².